The Balaban J connectivity index is 1.53. The second-order valence-electron chi connectivity index (χ2n) is 6.25. The topological polar surface area (TPSA) is 38.5 Å². The largest absolute Gasteiger partial charge is 0.493 e. The van der Waals surface area contributed by atoms with Crippen molar-refractivity contribution in [2.24, 2.45) is 11.7 Å². The third-order valence-electron chi connectivity index (χ3n) is 4.51. The molecule has 1 aliphatic carbocycles. The molecule has 20 heavy (non-hydrogen) atoms. The Kier molecular flexibility index (Phi) is 4.58. The van der Waals surface area contributed by atoms with E-state index in [9.17, 15) is 0 Å². The Morgan fingerprint density at radius 2 is 1.90 bits per heavy atom. The molecule has 1 unspecified atom stereocenters. The van der Waals surface area contributed by atoms with Crippen molar-refractivity contribution in [3.05, 3.63) is 29.8 Å². The minimum atomic E-state index is 0.564. The SMILES string of the molecule is NCC1CCCCN1Cc1ccc(OCC2CC2)cc1. The van der Waals surface area contributed by atoms with E-state index < -0.39 is 0 Å². The van der Waals surface area contributed by atoms with Gasteiger partial charge in [0.15, 0.2) is 0 Å². The third kappa shape index (κ3) is 3.74. The maximum absolute atomic E-state index is 5.88. The van der Waals surface area contributed by atoms with Gasteiger partial charge in [-0.15, -0.1) is 0 Å². The fourth-order valence-electron chi connectivity index (χ4n) is 2.96. The van der Waals surface area contributed by atoms with E-state index in [0.29, 0.717) is 6.04 Å². The summed E-state index contributed by atoms with van der Waals surface area (Å²) in [6, 6.07) is 9.18. The number of hydrogen-bond donors (Lipinski definition) is 1. The fraction of sp³-hybridized carbons (Fsp3) is 0.647. The number of piperidine rings is 1. The molecule has 1 atom stereocenters. The van der Waals surface area contributed by atoms with Crippen LogP contribution in [0.15, 0.2) is 24.3 Å². The van der Waals surface area contributed by atoms with Gasteiger partial charge in [0.2, 0.25) is 0 Å². The molecule has 0 spiro atoms. The normalized spacial score (nSPS) is 23.8. The number of benzene rings is 1. The molecule has 2 N–H and O–H groups in total. The van der Waals surface area contributed by atoms with E-state index in [4.69, 9.17) is 10.5 Å². The Morgan fingerprint density at radius 1 is 1.10 bits per heavy atom. The van der Waals surface area contributed by atoms with Crippen LogP contribution in [0.1, 0.15) is 37.7 Å². The average Bonchev–Trinajstić information content (AvgIpc) is 3.31. The Morgan fingerprint density at radius 3 is 2.60 bits per heavy atom. The first-order chi connectivity index (χ1) is 9.85. The first-order valence-electron chi connectivity index (χ1n) is 8.01. The summed E-state index contributed by atoms with van der Waals surface area (Å²) in [5.41, 5.74) is 7.25. The number of likely N-dealkylation sites (tertiary alicyclic amines) is 1. The first kappa shape index (κ1) is 13.9. The van der Waals surface area contributed by atoms with Crippen molar-refractivity contribution < 1.29 is 4.74 Å². The molecule has 1 heterocycles. The first-order valence-corrected chi connectivity index (χ1v) is 8.01. The van der Waals surface area contributed by atoms with Crippen LogP contribution < -0.4 is 10.5 Å². The van der Waals surface area contributed by atoms with Gasteiger partial charge in [0.1, 0.15) is 5.75 Å². The van der Waals surface area contributed by atoms with Gasteiger partial charge in [-0.1, -0.05) is 18.6 Å². The second kappa shape index (κ2) is 6.59. The standard InChI is InChI=1S/C17H26N2O/c18-11-16-3-1-2-10-19(16)12-14-6-8-17(9-7-14)20-13-15-4-5-15/h6-9,15-16H,1-5,10-13,18H2. The lowest BCUT2D eigenvalue weighted by atomic mass is 10.0. The Hall–Kier alpha value is -1.06. The van der Waals surface area contributed by atoms with Crippen LogP contribution in [-0.2, 0) is 6.54 Å². The van der Waals surface area contributed by atoms with Crippen LogP contribution in [0, 0.1) is 5.92 Å². The molecule has 1 aromatic rings. The monoisotopic (exact) mass is 274 g/mol. The van der Waals surface area contributed by atoms with Gasteiger partial charge in [-0.2, -0.15) is 0 Å². The van der Waals surface area contributed by atoms with Gasteiger partial charge in [-0.25, -0.2) is 0 Å². The van der Waals surface area contributed by atoms with Gasteiger partial charge in [-0.05, 0) is 55.8 Å². The van der Waals surface area contributed by atoms with Crippen LogP contribution in [0.4, 0.5) is 0 Å². The van der Waals surface area contributed by atoms with Gasteiger partial charge in [-0.3, -0.25) is 4.90 Å². The van der Waals surface area contributed by atoms with Gasteiger partial charge in [0.05, 0.1) is 6.61 Å². The summed E-state index contributed by atoms with van der Waals surface area (Å²) < 4.78 is 5.78. The minimum Gasteiger partial charge on any atom is -0.493 e. The van der Waals surface area contributed by atoms with Crippen molar-refractivity contribution in [3.8, 4) is 5.75 Å². The summed E-state index contributed by atoms with van der Waals surface area (Å²) in [5, 5.41) is 0. The third-order valence-corrected chi connectivity index (χ3v) is 4.51. The lowest BCUT2D eigenvalue weighted by molar-refractivity contribution is 0.145. The molecule has 0 amide bonds. The van der Waals surface area contributed by atoms with Gasteiger partial charge in [0, 0.05) is 19.1 Å². The Labute approximate surface area is 122 Å². The molecule has 2 aliphatic rings. The predicted octanol–water partition coefficient (Wildman–Crippen LogP) is 2.79. The van der Waals surface area contributed by atoms with E-state index in [1.165, 1.54) is 44.2 Å². The van der Waals surface area contributed by atoms with Gasteiger partial charge in [0.25, 0.3) is 0 Å². The van der Waals surface area contributed by atoms with Crippen LogP contribution >= 0.6 is 0 Å². The second-order valence-corrected chi connectivity index (χ2v) is 6.25. The quantitative estimate of drug-likeness (QED) is 0.867. The molecule has 1 saturated carbocycles. The fourth-order valence-corrected chi connectivity index (χ4v) is 2.96. The molecule has 1 saturated heterocycles. The van der Waals surface area contributed by atoms with E-state index in [0.717, 1.165) is 31.4 Å². The van der Waals surface area contributed by atoms with Gasteiger partial charge < -0.3 is 10.5 Å². The van der Waals surface area contributed by atoms with Crippen LogP contribution in [0.5, 0.6) is 5.75 Å². The van der Waals surface area contributed by atoms with Crippen molar-refractivity contribution in [2.45, 2.75) is 44.7 Å². The summed E-state index contributed by atoms with van der Waals surface area (Å²) in [4.78, 5) is 2.53. The van der Waals surface area contributed by atoms with Crippen molar-refractivity contribution in [2.75, 3.05) is 19.7 Å². The lowest BCUT2D eigenvalue weighted by Crippen LogP contribution is -2.43. The maximum atomic E-state index is 5.88. The van der Waals surface area contributed by atoms with Crippen LogP contribution in [0.2, 0.25) is 0 Å². The highest BCUT2D eigenvalue weighted by atomic mass is 16.5. The summed E-state index contributed by atoms with van der Waals surface area (Å²) in [6.45, 7) is 3.87. The highest BCUT2D eigenvalue weighted by molar-refractivity contribution is 5.27. The zero-order chi connectivity index (χ0) is 13.8. The molecule has 3 nitrogen and oxygen atoms in total. The number of rotatable bonds is 6. The van der Waals surface area contributed by atoms with Crippen LogP contribution in [0.3, 0.4) is 0 Å². The molecule has 1 aliphatic heterocycles. The molecular formula is C17H26N2O. The molecule has 0 radical (unpaired) electrons. The van der Waals surface area contributed by atoms with Crippen LogP contribution in [0.25, 0.3) is 0 Å². The zero-order valence-corrected chi connectivity index (χ0v) is 12.3. The molecular weight excluding hydrogens is 248 g/mol. The Bertz CT molecular complexity index is 414. The van der Waals surface area contributed by atoms with Crippen molar-refractivity contribution >= 4 is 0 Å². The van der Waals surface area contributed by atoms with Crippen molar-refractivity contribution in [3.63, 3.8) is 0 Å². The number of nitrogens with zero attached hydrogens (tertiary/aromatic N) is 1. The molecule has 110 valence electrons. The lowest BCUT2D eigenvalue weighted by Gasteiger charge is -2.35. The molecule has 0 bridgehead atoms. The van der Waals surface area contributed by atoms with E-state index in [1.807, 2.05) is 0 Å². The average molecular weight is 274 g/mol. The van der Waals surface area contributed by atoms with Crippen molar-refractivity contribution in [1.29, 1.82) is 0 Å². The zero-order valence-electron chi connectivity index (χ0n) is 12.3. The minimum absolute atomic E-state index is 0.564. The molecule has 3 heteroatoms. The maximum Gasteiger partial charge on any atom is 0.119 e. The molecule has 3 rings (SSSR count). The number of nitrogens with two attached hydrogens (primary N) is 1. The summed E-state index contributed by atoms with van der Waals surface area (Å²) in [5.74, 6) is 1.82. The van der Waals surface area contributed by atoms with Crippen LogP contribution in [-0.4, -0.2) is 30.6 Å². The van der Waals surface area contributed by atoms with Gasteiger partial charge >= 0.3 is 0 Å². The summed E-state index contributed by atoms with van der Waals surface area (Å²) in [6.07, 6.45) is 6.56. The summed E-state index contributed by atoms with van der Waals surface area (Å²) in [7, 11) is 0. The van der Waals surface area contributed by atoms with E-state index in [1.54, 1.807) is 0 Å². The van der Waals surface area contributed by atoms with E-state index >= 15 is 0 Å². The van der Waals surface area contributed by atoms with Crippen molar-refractivity contribution in [1.82, 2.24) is 4.90 Å². The van der Waals surface area contributed by atoms with E-state index in [-0.39, 0.29) is 0 Å². The molecule has 0 aromatic heterocycles. The predicted molar refractivity (Wildman–Crippen MR) is 81.8 cm³/mol. The molecule has 1 aromatic carbocycles. The number of ether oxygens (including phenoxy) is 1. The highest BCUT2D eigenvalue weighted by Crippen LogP contribution is 2.29. The number of hydrogen-bond acceptors (Lipinski definition) is 3. The smallest absolute Gasteiger partial charge is 0.119 e. The molecule has 2 fully saturated rings. The van der Waals surface area contributed by atoms with E-state index in [2.05, 4.69) is 29.2 Å². The highest BCUT2D eigenvalue weighted by Gasteiger charge is 2.22. The summed E-state index contributed by atoms with van der Waals surface area (Å²) >= 11 is 0.